The molecule has 0 amide bonds. The topological polar surface area (TPSA) is 96.3 Å². The van der Waals surface area contributed by atoms with E-state index in [-0.39, 0.29) is 20.6 Å². The summed E-state index contributed by atoms with van der Waals surface area (Å²) < 4.78 is 49.3. The Kier molecular flexibility index (Phi) is 7.88. The zero-order valence-corrected chi connectivity index (χ0v) is 20.3. The molecule has 186 valence electrons. The lowest BCUT2D eigenvalue weighted by atomic mass is 9.78. The van der Waals surface area contributed by atoms with Crippen LogP contribution in [0.3, 0.4) is 0 Å². The average molecular weight is 552 g/mol. The molecule has 0 bridgehead atoms. The van der Waals surface area contributed by atoms with Crippen LogP contribution in [0.5, 0.6) is 0 Å². The normalized spacial score (nSPS) is 15.8. The van der Waals surface area contributed by atoms with E-state index < -0.39 is 24.1 Å². The number of benzene rings is 2. The molecule has 0 spiro atoms. The third-order valence-electron chi connectivity index (χ3n) is 5.52. The molecule has 35 heavy (non-hydrogen) atoms. The Hall–Kier alpha value is -2.96. The molecule has 0 radical (unpaired) electrons. The fourth-order valence-corrected chi connectivity index (χ4v) is 3.59. The van der Waals surface area contributed by atoms with Crippen molar-refractivity contribution in [3.8, 4) is 22.9 Å². The predicted molar refractivity (Wildman–Crippen MR) is 132 cm³/mol. The van der Waals surface area contributed by atoms with Crippen molar-refractivity contribution < 1.29 is 28.4 Å². The van der Waals surface area contributed by atoms with E-state index in [1.807, 2.05) is 27.7 Å². The molecule has 0 saturated carbocycles. The van der Waals surface area contributed by atoms with Crippen LogP contribution in [0.15, 0.2) is 62.5 Å². The van der Waals surface area contributed by atoms with Crippen LogP contribution in [-0.4, -0.2) is 38.7 Å². The van der Waals surface area contributed by atoms with E-state index in [2.05, 4.69) is 36.3 Å². The second-order valence-corrected chi connectivity index (χ2v) is 9.42. The molecule has 0 aliphatic carbocycles. The molecule has 12 heteroatoms. The number of hydrogen-bond acceptors (Lipinski definition) is 8. The van der Waals surface area contributed by atoms with E-state index in [9.17, 15) is 8.78 Å². The van der Waals surface area contributed by atoms with E-state index in [4.69, 9.17) is 18.1 Å². The molecule has 1 aliphatic rings. The van der Waals surface area contributed by atoms with Crippen molar-refractivity contribution in [2.24, 2.45) is 0 Å². The zero-order valence-electron chi connectivity index (χ0n) is 18.8. The maximum atomic E-state index is 13.9. The molecule has 0 unspecified atom stereocenters. The molecular formula is C23H26BBrF2N4O4. The summed E-state index contributed by atoms with van der Waals surface area (Å²) in [5.74, 6) is -0.189. The van der Waals surface area contributed by atoms with E-state index >= 15 is 0 Å². The van der Waals surface area contributed by atoms with Crippen molar-refractivity contribution >= 4 is 28.5 Å². The van der Waals surface area contributed by atoms with Gasteiger partial charge in [-0.25, -0.2) is 8.78 Å². The first-order chi connectivity index (χ1) is 16.0. The Balaban J connectivity index is 0.000000264. The smallest absolute Gasteiger partial charge is 0.423 e. The van der Waals surface area contributed by atoms with Crippen LogP contribution in [0.1, 0.15) is 36.5 Å². The SMILES string of the molecule is C.CC1(C)OB(c2cc(F)cc(-c3nnco3)c2)OC1(C)C.Fc1cc(Br)cc(-c2nnco2)c1.[2HH]. The van der Waals surface area contributed by atoms with Crippen LogP contribution in [0.25, 0.3) is 22.9 Å². The minimum Gasteiger partial charge on any atom is -0.423 e. The van der Waals surface area contributed by atoms with Crippen molar-refractivity contribution in [1.82, 2.24) is 20.4 Å². The summed E-state index contributed by atoms with van der Waals surface area (Å²) in [6.07, 6.45) is 2.41. The van der Waals surface area contributed by atoms with Gasteiger partial charge in [-0.05, 0) is 69.6 Å². The van der Waals surface area contributed by atoms with Gasteiger partial charge in [0.2, 0.25) is 24.6 Å². The Morgan fingerprint density at radius 1 is 0.771 bits per heavy atom. The highest BCUT2D eigenvalue weighted by Gasteiger charge is 2.51. The van der Waals surface area contributed by atoms with Gasteiger partial charge in [0.05, 0.1) is 11.2 Å². The van der Waals surface area contributed by atoms with Crippen molar-refractivity contribution in [1.29, 1.82) is 0 Å². The van der Waals surface area contributed by atoms with E-state index in [1.54, 1.807) is 12.1 Å². The maximum absolute atomic E-state index is 13.9. The lowest BCUT2D eigenvalue weighted by Gasteiger charge is -2.32. The number of nitrogens with zero attached hydrogens (tertiary/aromatic N) is 4. The number of rotatable bonds is 3. The van der Waals surface area contributed by atoms with Crippen molar-refractivity contribution in [3.05, 3.63) is 65.3 Å². The molecule has 2 aromatic heterocycles. The Labute approximate surface area is 211 Å². The summed E-state index contributed by atoms with van der Waals surface area (Å²) in [6.45, 7) is 7.80. The predicted octanol–water partition coefficient (Wildman–Crippen LogP) is 5.70. The quantitative estimate of drug-likeness (QED) is 0.299. The molecule has 0 N–H and O–H groups in total. The molecule has 1 aliphatic heterocycles. The van der Waals surface area contributed by atoms with Gasteiger partial charge in [-0.3, -0.25) is 0 Å². The number of hydrogen-bond donors (Lipinski definition) is 0. The number of aromatic nitrogens is 4. The average Bonchev–Trinajstić information content (AvgIpc) is 3.49. The van der Waals surface area contributed by atoms with Gasteiger partial charge in [0.15, 0.2) is 0 Å². The third-order valence-corrected chi connectivity index (χ3v) is 5.98. The Bertz CT molecular complexity index is 1240. The number of halogens is 3. The van der Waals surface area contributed by atoms with Gasteiger partial charge in [0.1, 0.15) is 11.6 Å². The molecule has 1 saturated heterocycles. The van der Waals surface area contributed by atoms with Crippen LogP contribution in [0.4, 0.5) is 8.78 Å². The zero-order chi connectivity index (χ0) is 24.5. The summed E-state index contributed by atoms with van der Waals surface area (Å²) in [7, 11) is -0.632. The molecule has 3 heterocycles. The van der Waals surface area contributed by atoms with Crippen LogP contribution >= 0.6 is 15.9 Å². The standard InChI is InChI=1S/C14H16BFN2O3.C8H4BrFN2O.CH4.H2/c1-13(2)14(3,4)21-15(20-13)10-5-9(6-11(16)7-10)12-18-17-8-19-12;9-6-1-5(2-7(10)3-6)8-12-11-4-13-8;;/h5-8H,1-4H3;1-4H;1H4;1H/i;;;1+1. The fraction of sp³-hybridized carbons (Fsp3) is 0.304. The first-order valence-electron chi connectivity index (χ1n) is 10.2. The van der Waals surface area contributed by atoms with Crippen LogP contribution in [-0.2, 0) is 9.31 Å². The summed E-state index contributed by atoms with van der Waals surface area (Å²) in [5, 5.41) is 14.6. The summed E-state index contributed by atoms with van der Waals surface area (Å²) in [6, 6.07) is 8.86. The molecule has 4 aromatic rings. The minimum atomic E-state index is -0.632. The first kappa shape index (κ1) is 26.6. The summed E-state index contributed by atoms with van der Waals surface area (Å²) >= 11 is 3.17. The summed E-state index contributed by atoms with van der Waals surface area (Å²) in [5.41, 5.74) is 0.687. The van der Waals surface area contributed by atoms with Crippen LogP contribution in [0, 0.1) is 11.6 Å². The van der Waals surface area contributed by atoms with Gasteiger partial charge in [0.25, 0.3) is 0 Å². The van der Waals surface area contributed by atoms with Gasteiger partial charge in [0, 0.05) is 17.0 Å². The molecule has 0 atom stereocenters. The third kappa shape index (κ3) is 6.00. The van der Waals surface area contributed by atoms with Crippen LogP contribution in [0.2, 0.25) is 0 Å². The maximum Gasteiger partial charge on any atom is 0.494 e. The highest BCUT2D eigenvalue weighted by molar-refractivity contribution is 9.10. The van der Waals surface area contributed by atoms with Crippen molar-refractivity contribution in [2.75, 3.05) is 0 Å². The van der Waals surface area contributed by atoms with Gasteiger partial charge >= 0.3 is 7.12 Å². The first-order valence-corrected chi connectivity index (χ1v) is 11.0. The highest BCUT2D eigenvalue weighted by Crippen LogP contribution is 2.36. The largest absolute Gasteiger partial charge is 0.494 e. The molecule has 5 rings (SSSR count). The monoisotopic (exact) mass is 551 g/mol. The summed E-state index contributed by atoms with van der Waals surface area (Å²) in [4.78, 5) is 0. The second kappa shape index (κ2) is 10.3. The molecule has 1 fully saturated rings. The second-order valence-electron chi connectivity index (χ2n) is 8.51. The molecule has 2 aromatic carbocycles. The molecule has 8 nitrogen and oxygen atoms in total. The van der Waals surface area contributed by atoms with E-state index in [0.717, 1.165) is 0 Å². The van der Waals surface area contributed by atoms with E-state index in [0.29, 0.717) is 27.0 Å². The highest BCUT2D eigenvalue weighted by atomic mass is 79.9. The van der Waals surface area contributed by atoms with Gasteiger partial charge in [-0.15, -0.1) is 20.4 Å². The Morgan fingerprint density at radius 2 is 1.26 bits per heavy atom. The molecular weight excluding hydrogens is 525 g/mol. The lowest BCUT2D eigenvalue weighted by molar-refractivity contribution is 0.00578. The van der Waals surface area contributed by atoms with Gasteiger partial charge in [-0.2, -0.15) is 0 Å². The fourth-order valence-electron chi connectivity index (χ4n) is 3.13. The van der Waals surface area contributed by atoms with Gasteiger partial charge in [-0.1, -0.05) is 23.4 Å². The van der Waals surface area contributed by atoms with Crippen molar-refractivity contribution in [2.45, 2.75) is 46.3 Å². The minimum absolute atomic E-state index is 0. The van der Waals surface area contributed by atoms with E-state index in [1.165, 1.54) is 37.1 Å². The van der Waals surface area contributed by atoms with Gasteiger partial charge < -0.3 is 18.1 Å². The van der Waals surface area contributed by atoms with Crippen molar-refractivity contribution in [3.63, 3.8) is 0 Å². The Morgan fingerprint density at radius 3 is 1.71 bits per heavy atom. The van der Waals surface area contributed by atoms with Crippen LogP contribution < -0.4 is 5.46 Å². The lowest BCUT2D eigenvalue weighted by Crippen LogP contribution is -2.41.